The third-order valence-electron chi connectivity index (χ3n) is 6.33. The molecule has 1 atom stereocenters. The Kier molecular flexibility index (Phi) is 4.49. The summed E-state index contributed by atoms with van der Waals surface area (Å²) in [5, 5.41) is 7.06. The molecule has 3 aromatic heterocycles. The Labute approximate surface area is 176 Å². The molecule has 5 rings (SSSR count). The van der Waals surface area contributed by atoms with E-state index in [4.69, 9.17) is 10.1 Å². The third-order valence-corrected chi connectivity index (χ3v) is 6.33. The monoisotopic (exact) mass is 400 g/mol. The summed E-state index contributed by atoms with van der Waals surface area (Å²) >= 11 is 0. The first-order valence-corrected chi connectivity index (χ1v) is 10.9. The Hall–Kier alpha value is -2.95. The summed E-state index contributed by atoms with van der Waals surface area (Å²) in [5.41, 5.74) is 5.50. The molecule has 1 fully saturated rings. The number of aromatic nitrogens is 4. The molecule has 5 nitrogen and oxygen atoms in total. The molecule has 0 aliphatic heterocycles. The maximum Gasteiger partial charge on any atom is 0.252 e. The van der Waals surface area contributed by atoms with E-state index in [0.29, 0.717) is 12.0 Å². The van der Waals surface area contributed by atoms with Gasteiger partial charge in [-0.3, -0.25) is 14.0 Å². The van der Waals surface area contributed by atoms with Crippen molar-refractivity contribution in [1.82, 2.24) is 19.3 Å². The molecule has 0 saturated heterocycles. The molecule has 154 valence electrons. The van der Waals surface area contributed by atoms with Gasteiger partial charge < -0.3 is 0 Å². The van der Waals surface area contributed by atoms with E-state index in [-0.39, 0.29) is 11.5 Å². The fraction of sp³-hybridized carbons (Fsp3) is 0.400. The summed E-state index contributed by atoms with van der Waals surface area (Å²) < 4.78 is 3.87. The lowest BCUT2D eigenvalue weighted by Gasteiger charge is -2.13. The molecule has 3 heterocycles. The van der Waals surface area contributed by atoms with Crippen molar-refractivity contribution in [1.29, 1.82) is 0 Å². The van der Waals surface area contributed by atoms with Gasteiger partial charge in [-0.15, -0.1) is 0 Å². The second-order valence-corrected chi connectivity index (χ2v) is 9.03. The highest BCUT2D eigenvalue weighted by atomic mass is 16.1. The van der Waals surface area contributed by atoms with Gasteiger partial charge in [0.15, 0.2) is 0 Å². The Bertz CT molecular complexity index is 1310. The molecule has 1 unspecified atom stereocenters. The summed E-state index contributed by atoms with van der Waals surface area (Å²) in [6, 6.07) is 14.7. The minimum Gasteiger partial charge on any atom is -0.290 e. The zero-order chi connectivity index (χ0) is 21.0. The van der Waals surface area contributed by atoms with Crippen molar-refractivity contribution in [3.63, 3.8) is 0 Å². The Morgan fingerprint density at radius 3 is 2.57 bits per heavy atom. The summed E-state index contributed by atoms with van der Waals surface area (Å²) in [7, 11) is 2.02. The van der Waals surface area contributed by atoms with Gasteiger partial charge in [0.1, 0.15) is 5.65 Å². The first-order chi connectivity index (χ1) is 14.4. The van der Waals surface area contributed by atoms with E-state index in [9.17, 15) is 4.79 Å². The standard InChI is InChI=1S/C25H28N4O/c1-15(2)18-5-10-20-22(27-28(4)23(20)14-18)13-16(3)21-11-6-17-7-12-24(30)29(19-8-9-19)25(17)26-21/h5-7,10-12,14-16,19H,8-9,13H2,1-4H3. The van der Waals surface area contributed by atoms with Gasteiger partial charge in [0.2, 0.25) is 0 Å². The molecule has 0 N–H and O–H groups in total. The van der Waals surface area contributed by atoms with Gasteiger partial charge in [0.05, 0.1) is 11.2 Å². The molecule has 0 amide bonds. The molecule has 1 aromatic carbocycles. The zero-order valence-corrected chi connectivity index (χ0v) is 18.1. The van der Waals surface area contributed by atoms with Crippen LogP contribution in [0.3, 0.4) is 0 Å². The van der Waals surface area contributed by atoms with Crippen LogP contribution in [-0.2, 0) is 13.5 Å². The highest BCUT2D eigenvalue weighted by Crippen LogP contribution is 2.35. The van der Waals surface area contributed by atoms with E-state index in [1.807, 2.05) is 22.4 Å². The van der Waals surface area contributed by atoms with Crippen LogP contribution in [0.2, 0.25) is 0 Å². The topological polar surface area (TPSA) is 52.7 Å². The lowest BCUT2D eigenvalue weighted by molar-refractivity contribution is 0.682. The summed E-state index contributed by atoms with van der Waals surface area (Å²) in [4.78, 5) is 17.4. The number of benzene rings is 1. The zero-order valence-electron chi connectivity index (χ0n) is 18.1. The molecular weight excluding hydrogens is 372 g/mol. The third kappa shape index (κ3) is 3.22. The second kappa shape index (κ2) is 7.08. The maximum atomic E-state index is 12.4. The van der Waals surface area contributed by atoms with Gasteiger partial charge >= 0.3 is 0 Å². The predicted molar refractivity (Wildman–Crippen MR) is 121 cm³/mol. The van der Waals surface area contributed by atoms with Crippen molar-refractivity contribution in [2.75, 3.05) is 0 Å². The van der Waals surface area contributed by atoms with Crippen molar-refractivity contribution < 1.29 is 0 Å². The maximum absolute atomic E-state index is 12.4. The molecule has 30 heavy (non-hydrogen) atoms. The van der Waals surface area contributed by atoms with E-state index in [1.165, 1.54) is 16.5 Å². The van der Waals surface area contributed by atoms with E-state index >= 15 is 0 Å². The van der Waals surface area contributed by atoms with Crippen LogP contribution < -0.4 is 5.56 Å². The fourth-order valence-electron chi connectivity index (χ4n) is 4.36. The fourth-order valence-corrected chi connectivity index (χ4v) is 4.36. The van der Waals surface area contributed by atoms with E-state index in [2.05, 4.69) is 51.1 Å². The Morgan fingerprint density at radius 1 is 1.07 bits per heavy atom. The smallest absolute Gasteiger partial charge is 0.252 e. The minimum atomic E-state index is 0.0546. The predicted octanol–water partition coefficient (Wildman–Crippen LogP) is 5.09. The number of hydrogen-bond acceptors (Lipinski definition) is 3. The first kappa shape index (κ1) is 19.0. The number of aryl methyl sites for hydroxylation is 1. The second-order valence-electron chi connectivity index (χ2n) is 9.03. The first-order valence-electron chi connectivity index (χ1n) is 10.9. The molecule has 1 saturated carbocycles. The van der Waals surface area contributed by atoms with Gasteiger partial charge in [-0.25, -0.2) is 4.98 Å². The molecular formula is C25H28N4O. The number of hydrogen-bond donors (Lipinski definition) is 0. The highest BCUT2D eigenvalue weighted by Gasteiger charge is 2.27. The van der Waals surface area contributed by atoms with Crippen LogP contribution in [0.5, 0.6) is 0 Å². The van der Waals surface area contributed by atoms with Gasteiger partial charge in [-0.2, -0.15) is 5.10 Å². The van der Waals surface area contributed by atoms with E-state index in [1.54, 1.807) is 6.07 Å². The average Bonchev–Trinajstić information content (AvgIpc) is 3.52. The molecule has 0 radical (unpaired) electrons. The van der Waals surface area contributed by atoms with Gasteiger partial charge in [0, 0.05) is 48.0 Å². The summed E-state index contributed by atoms with van der Waals surface area (Å²) in [5.74, 6) is 0.706. The van der Waals surface area contributed by atoms with Crippen molar-refractivity contribution in [3.8, 4) is 0 Å². The lowest BCUT2D eigenvalue weighted by Crippen LogP contribution is -2.19. The van der Waals surface area contributed by atoms with Crippen LogP contribution in [0.25, 0.3) is 21.9 Å². The van der Waals surface area contributed by atoms with Crippen LogP contribution in [0, 0.1) is 0 Å². The summed E-state index contributed by atoms with van der Waals surface area (Å²) in [6.45, 7) is 6.62. The van der Waals surface area contributed by atoms with Crippen LogP contribution in [0.15, 0.2) is 47.3 Å². The van der Waals surface area contributed by atoms with E-state index in [0.717, 1.165) is 41.7 Å². The van der Waals surface area contributed by atoms with E-state index < -0.39 is 0 Å². The van der Waals surface area contributed by atoms with Crippen molar-refractivity contribution in [2.45, 2.75) is 57.9 Å². The molecule has 4 aromatic rings. The number of nitrogens with zero attached hydrogens (tertiary/aromatic N) is 4. The lowest BCUT2D eigenvalue weighted by atomic mass is 9.97. The molecule has 1 aliphatic rings. The summed E-state index contributed by atoms with van der Waals surface area (Å²) in [6.07, 6.45) is 2.95. The van der Waals surface area contributed by atoms with Gasteiger partial charge in [-0.05, 0) is 48.6 Å². The van der Waals surface area contributed by atoms with Crippen LogP contribution in [0.1, 0.15) is 68.4 Å². The van der Waals surface area contributed by atoms with Crippen molar-refractivity contribution in [3.05, 3.63) is 69.8 Å². The van der Waals surface area contributed by atoms with Crippen LogP contribution in [0.4, 0.5) is 0 Å². The quantitative estimate of drug-likeness (QED) is 0.469. The normalized spacial score (nSPS) is 15.4. The van der Waals surface area contributed by atoms with Crippen LogP contribution in [-0.4, -0.2) is 19.3 Å². The molecule has 1 aliphatic carbocycles. The number of pyridine rings is 2. The highest BCUT2D eigenvalue weighted by molar-refractivity contribution is 5.83. The average molecular weight is 401 g/mol. The van der Waals surface area contributed by atoms with Gasteiger partial charge in [-0.1, -0.05) is 32.9 Å². The Balaban J connectivity index is 1.51. The largest absolute Gasteiger partial charge is 0.290 e. The van der Waals surface area contributed by atoms with Crippen molar-refractivity contribution >= 4 is 21.9 Å². The Morgan fingerprint density at radius 2 is 1.83 bits per heavy atom. The number of rotatable bonds is 5. The SMILES string of the molecule is CC(C)c1ccc2c(CC(C)c3ccc4ccc(=O)n(C5CC5)c4n3)nn(C)c2c1. The molecule has 0 bridgehead atoms. The molecule has 5 heteroatoms. The van der Waals surface area contributed by atoms with Crippen LogP contribution >= 0.6 is 0 Å². The number of fused-ring (bicyclic) bond motifs is 2. The molecule has 0 spiro atoms. The van der Waals surface area contributed by atoms with Gasteiger partial charge in [0.25, 0.3) is 5.56 Å². The minimum absolute atomic E-state index is 0.0546. The van der Waals surface area contributed by atoms with Crippen molar-refractivity contribution in [2.24, 2.45) is 7.05 Å².